The van der Waals surface area contributed by atoms with Crippen LogP contribution in [0, 0.1) is 13.8 Å². The van der Waals surface area contributed by atoms with Crippen LogP contribution in [0.5, 0.6) is 0 Å². The fraction of sp³-hybridized carbons (Fsp3) is 0.538. The second-order valence-electron chi connectivity index (χ2n) is 9.42. The van der Waals surface area contributed by atoms with Gasteiger partial charge in [-0.3, -0.25) is 4.57 Å². The lowest BCUT2D eigenvalue weighted by Crippen LogP contribution is -2.38. The SMILES string of the molecule is CCCC[C@H](CO[PH](=O)OC[C@@H](CCCC)NS(=O)(=O)c1ccc(C)cc1)NS(=O)(=O)c1ccc(C)cc1. The van der Waals surface area contributed by atoms with Crippen LogP contribution in [0.1, 0.15) is 63.5 Å². The highest BCUT2D eigenvalue weighted by Gasteiger charge is 2.23. The molecular weight excluding hydrogens is 547 g/mol. The van der Waals surface area contributed by atoms with Crippen LogP contribution in [0.2, 0.25) is 0 Å². The molecule has 0 unspecified atom stereocenters. The summed E-state index contributed by atoms with van der Waals surface area (Å²) in [5.74, 6) is 0. The normalized spacial score (nSPS) is 14.0. The lowest BCUT2D eigenvalue weighted by atomic mass is 10.1. The highest BCUT2D eigenvalue weighted by Crippen LogP contribution is 2.26. The fourth-order valence-electron chi connectivity index (χ4n) is 3.64. The Morgan fingerprint density at radius 2 is 1.03 bits per heavy atom. The van der Waals surface area contributed by atoms with Crippen LogP contribution in [0.15, 0.2) is 58.3 Å². The minimum atomic E-state index is -3.78. The number of sulfonamides is 2. The lowest BCUT2D eigenvalue weighted by Gasteiger charge is -2.20. The molecule has 0 aliphatic heterocycles. The molecule has 2 atom stereocenters. The summed E-state index contributed by atoms with van der Waals surface area (Å²) in [6, 6.07) is 11.9. The maximum atomic E-state index is 12.8. The molecule has 0 aromatic heterocycles. The summed E-state index contributed by atoms with van der Waals surface area (Å²) in [5, 5.41) is 0. The van der Waals surface area contributed by atoms with Crippen molar-refractivity contribution >= 4 is 28.3 Å². The van der Waals surface area contributed by atoms with Crippen LogP contribution in [-0.2, 0) is 33.7 Å². The predicted molar refractivity (Wildman–Crippen MR) is 151 cm³/mol. The molecule has 0 aliphatic rings. The van der Waals surface area contributed by atoms with Crippen LogP contribution < -0.4 is 9.44 Å². The van der Waals surface area contributed by atoms with Crippen LogP contribution in [0.4, 0.5) is 0 Å². The van der Waals surface area contributed by atoms with Crippen molar-refractivity contribution in [3.05, 3.63) is 59.7 Å². The Balaban J connectivity index is 1.97. The van der Waals surface area contributed by atoms with E-state index in [-0.39, 0.29) is 23.0 Å². The molecule has 2 N–H and O–H groups in total. The predicted octanol–water partition coefficient (Wildman–Crippen LogP) is 5.10. The van der Waals surface area contributed by atoms with Gasteiger partial charge in [-0.15, -0.1) is 0 Å². The van der Waals surface area contributed by atoms with Crippen LogP contribution >= 0.6 is 8.25 Å². The Hall–Kier alpha value is -1.59. The summed E-state index contributed by atoms with van der Waals surface area (Å²) in [6.07, 6.45) is 4.24. The third-order valence-electron chi connectivity index (χ3n) is 5.92. The number of rotatable bonds is 18. The van der Waals surface area contributed by atoms with Crippen molar-refractivity contribution in [2.45, 2.75) is 88.1 Å². The highest BCUT2D eigenvalue weighted by atomic mass is 32.2. The summed E-state index contributed by atoms with van der Waals surface area (Å²) in [6.45, 7) is 7.48. The molecule has 12 heteroatoms. The third kappa shape index (κ3) is 11.3. The van der Waals surface area contributed by atoms with E-state index in [0.29, 0.717) is 12.8 Å². The molecule has 0 radical (unpaired) electrons. The van der Waals surface area contributed by atoms with Crippen molar-refractivity contribution in [1.29, 1.82) is 0 Å². The van der Waals surface area contributed by atoms with Gasteiger partial charge in [-0.25, -0.2) is 26.3 Å². The standard InChI is InChI=1S/C26H41N2O7PS2/c1-5-7-9-23(27-37(30,31)25-15-11-21(3)12-16-25)19-34-36(29)35-20-24(10-8-6-2)28-38(32,33)26-17-13-22(4)14-18-26/h11-18,23-24,27-28,36H,5-10,19-20H2,1-4H3/t23-,24-/m1/s1. The number of hydrogen-bond acceptors (Lipinski definition) is 7. The summed E-state index contributed by atoms with van der Waals surface area (Å²) >= 11 is 0. The second-order valence-corrected chi connectivity index (χ2v) is 13.9. The maximum absolute atomic E-state index is 12.8. The van der Waals surface area contributed by atoms with Crippen LogP contribution in [0.25, 0.3) is 0 Å². The largest absolute Gasteiger partial charge is 0.319 e. The summed E-state index contributed by atoms with van der Waals surface area (Å²) in [7, 11) is -10.6. The molecule has 0 saturated carbocycles. The van der Waals surface area contributed by atoms with Gasteiger partial charge in [0.2, 0.25) is 20.0 Å². The van der Waals surface area contributed by atoms with E-state index in [0.717, 1.165) is 36.8 Å². The Morgan fingerprint density at radius 1 is 0.684 bits per heavy atom. The van der Waals surface area contributed by atoms with E-state index in [4.69, 9.17) is 9.05 Å². The summed E-state index contributed by atoms with van der Waals surface area (Å²) < 4.78 is 79.9. The lowest BCUT2D eigenvalue weighted by molar-refractivity contribution is 0.194. The smallest absolute Gasteiger partial charge is 0.309 e. The number of nitrogens with one attached hydrogen (secondary N) is 2. The average molecular weight is 589 g/mol. The first kappa shape index (κ1) is 32.6. The quantitative estimate of drug-likeness (QED) is 0.232. The van der Waals surface area contributed by atoms with Crippen molar-refractivity contribution in [2.24, 2.45) is 0 Å². The Morgan fingerprint density at radius 3 is 1.34 bits per heavy atom. The summed E-state index contributed by atoms with van der Waals surface area (Å²) in [5.41, 5.74) is 1.90. The molecule has 0 saturated heterocycles. The van der Waals surface area contributed by atoms with Crippen molar-refractivity contribution in [1.82, 2.24) is 9.44 Å². The van der Waals surface area contributed by atoms with E-state index < -0.39 is 40.4 Å². The van der Waals surface area contributed by atoms with Gasteiger partial charge in [0.1, 0.15) is 0 Å². The van der Waals surface area contributed by atoms with E-state index in [9.17, 15) is 21.4 Å². The van der Waals surface area contributed by atoms with E-state index in [1.54, 1.807) is 24.3 Å². The second kappa shape index (κ2) is 15.9. The Bertz CT molecular complexity index is 1120. The molecule has 0 bridgehead atoms. The first-order valence-corrected chi connectivity index (χ1v) is 17.1. The summed E-state index contributed by atoms with van der Waals surface area (Å²) in [4.78, 5) is 0.293. The zero-order valence-electron chi connectivity index (χ0n) is 22.6. The van der Waals surface area contributed by atoms with Crippen molar-refractivity contribution in [3.63, 3.8) is 0 Å². The first-order chi connectivity index (χ1) is 18.0. The van der Waals surface area contributed by atoms with Gasteiger partial charge in [-0.05, 0) is 51.0 Å². The number of unbranched alkanes of at least 4 members (excludes halogenated alkanes) is 2. The molecule has 0 fully saturated rings. The van der Waals surface area contributed by atoms with Gasteiger partial charge in [0, 0.05) is 12.1 Å². The van der Waals surface area contributed by atoms with Gasteiger partial charge in [-0.2, -0.15) is 0 Å². The molecule has 2 rings (SSSR count). The number of aryl methyl sites for hydroxylation is 2. The van der Waals surface area contributed by atoms with Gasteiger partial charge < -0.3 is 9.05 Å². The van der Waals surface area contributed by atoms with Crippen molar-refractivity contribution in [2.75, 3.05) is 13.2 Å². The first-order valence-electron chi connectivity index (χ1n) is 12.9. The number of hydrogen-bond donors (Lipinski definition) is 2. The topological polar surface area (TPSA) is 128 Å². The number of benzene rings is 2. The third-order valence-corrected chi connectivity index (χ3v) is 9.80. The molecule has 0 aliphatic carbocycles. The zero-order valence-corrected chi connectivity index (χ0v) is 25.2. The Labute approximate surface area is 228 Å². The van der Waals surface area contributed by atoms with E-state index in [2.05, 4.69) is 9.44 Å². The van der Waals surface area contributed by atoms with Gasteiger partial charge in [0.25, 0.3) is 0 Å². The molecule has 0 heterocycles. The highest BCUT2D eigenvalue weighted by molar-refractivity contribution is 7.89. The van der Waals surface area contributed by atoms with Crippen LogP contribution in [0.3, 0.4) is 0 Å². The van der Waals surface area contributed by atoms with Crippen LogP contribution in [-0.4, -0.2) is 42.1 Å². The maximum Gasteiger partial charge on any atom is 0.319 e. The Kier molecular flexibility index (Phi) is 13.6. The molecule has 9 nitrogen and oxygen atoms in total. The monoisotopic (exact) mass is 588 g/mol. The minimum Gasteiger partial charge on any atom is -0.309 e. The molecule has 0 spiro atoms. The molecular formula is C26H41N2O7PS2. The zero-order chi connectivity index (χ0) is 28.2. The van der Waals surface area contributed by atoms with Gasteiger partial charge >= 0.3 is 8.25 Å². The fourth-order valence-corrected chi connectivity index (χ4v) is 6.91. The van der Waals surface area contributed by atoms with E-state index >= 15 is 0 Å². The molecule has 2 aromatic carbocycles. The van der Waals surface area contributed by atoms with Gasteiger partial charge in [-0.1, -0.05) is 74.9 Å². The van der Waals surface area contributed by atoms with Gasteiger partial charge in [0.05, 0.1) is 23.0 Å². The molecule has 0 amide bonds. The van der Waals surface area contributed by atoms with Crippen molar-refractivity contribution < 1.29 is 30.4 Å². The van der Waals surface area contributed by atoms with Crippen molar-refractivity contribution in [3.8, 4) is 0 Å². The average Bonchev–Trinajstić information content (AvgIpc) is 2.87. The molecule has 38 heavy (non-hydrogen) atoms. The molecule has 2 aromatic rings. The minimum absolute atomic E-state index is 0.127. The van der Waals surface area contributed by atoms with Gasteiger partial charge in [0.15, 0.2) is 0 Å². The van der Waals surface area contributed by atoms with E-state index in [1.807, 2.05) is 27.7 Å². The van der Waals surface area contributed by atoms with E-state index in [1.165, 1.54) is 24.3 Å². The molecule has 214 valence electrons.